The molecule has 128 valence electrons. The number of aryl methyl sites for hydroxylation is 1. The second-order valence-corrected chi connectivity index (χ2v) is 6.38. The number of nitrogens with one attached hydrogen (secondary N) is 1. The number of methoxy groups -OCH3 is 1. The Morgan fingerprint density at radius 1 is 1.46 bits per heavy atom. The van der Waals surface area contributed by atoms with E-state index in [1.54, 1.807) is 11.8 Å². The average molecular weight is 330 g/mol. The van der Waals surface area contributed by atoms with Crippen molar-refractivity contribution in [2.45, 2.75) is 18.5 Å². The van der Waals surface area contributed by atoms with Gasteiger partial charge in [-0.05, 0) is 12.5 Å². The second-order valence-electron chi connectivity index (χ2n) is 6.38. The zero-order valence-corrected chi connectivity index (χ0v) is 14.0. The van der Waals surface area contributed by atoms with Gasteiger partial charge in [0.1, 0.15) is 0 Å². The highest BCUT2D eigenvalue weighted by atomic mass is 16.5. The molecule has 0 saturated carbocycles. The van der Waals surface area contributed by atoms with Gasteiger partial charge in [0.25, 0.3) is 0 Å². The van der Waals surface area contributed by atoms with Crippen molar-refractivity contribution in [2.75, 3.05) is 38.3 Å². The zero-order valence-electron chi connectivity index (χ0n) is 14.0. The van der Waals surface area contributed by atoms with Crippen LogP contribution in [0.1, 0.15) is 6.42 Å². The molecule has 4 rings (SSSR count). The molecule has 2 aliphatic heterocycles. The highest BCUT2D eigenvalue weighted by molar-refractivity contribution is 5.89. The van der Waals surface area contributed by atoms with E-state index in [0.717, 1.165) is 36.2 Å². The molecule has 0 unspecified atom stereocenters. The number of anilines is 1. The zero-order chi connectivity index (χ0) is 16.7. The SMILES string of the molecule is COCCN1C(=O)N[C@@H]2CN(c3ccnc4c3cnn4C)CC[C@@H]21. The van der Waals surface area contributed by atoms with Crippen LogP contribution in [0.25, 0.3) is 11.0 Å². The molecule has 2 aromatic heterocycles. The fourth-order valence-corrected chi connectivity index (χ4v) is 3.83. The van der Waals surface area contributed by atoms with E-state index >= 15 is 0 Å². The number of pyridine rings is 1. The monoisotopic (exact) mass is 330 g/mol. The van der Waals surface area contributed by atoms with Gasteiger partial charge < -0.3 is 19.9 Å². The number of hydrogen-bond donors (Lipinski definition) is 1. The van der Waals surface area contributed by atoms with Crippen molar-refractivity contribution in [3.8, 4) is 0 Å². The largest absolute Gasteiger partial charge is 0.383 e. The maximum Gasteiger partial charge on any atom is 0.318 e. The van der Waals surface area contributed by atoms with Gasteiger partial charge in [-0.3, -0.25) is 4.68 Å². The topological polar surface area (TPSA) is 75.5 Å². The molecule has 1 N–H and O–H groups in total. The summed E-state index contributed by atoms with van der Waals surface area (Å²) in [4.78, 5) is 20.9. The molecule has 0 spiro atoms. The van der Waals surface area contributed by atoms with E-state index in [-0.39, 0.29) is 18.1 Å². The molecule has 0 aromatic carbocycles. The van der Waals surface area contributed by atoms with Crippen LogP contribution in [0.5, 0.6) is 0 Å². The Morgan fingerprint density at radius 3 is 3.17 bits per heavy atom. The molecule has 2 fully saturated rings. The number of amides is 2. The van der Waals surface area contributed by atoms with Gasteiger partial charge in [-0.1, -0.05) is 0 Å². The first kappa shape index (κ1) is 15.2. The minimum absolute atomic E-state index is 0.0187. The number of rotatable bonds is 4. The van der Waals surface area contributed by atoms with Gasteiger partial charge >= 0.3 is 6.03 Å². The Morgan fingerprint density at radius 2 is 2.33 bits per heavy atom. The van der Waals surface area contributed by atoms with Crippen molar-refractivity contribution in [1.29, 1.82) is 0 Å². The van der Waals surface area contributed by atoms with Gasteiger partial charge in [-0.2, -0.15) is 5.10 Å². The van der Waals surface area contributed by atoms with Crippen molar-refractivity contribution in [1.82, 2.24) is 25.0 Å². The molecule has 2 aliphatic rings. The predicted molar refractivity (Wildman–Crippen MR) is 90.0 cm³/mol. The Hall–Kier alpha value is -2.35. The predicted octanol–water partition coefficient (Wildman–Crippen LogP) is 0.587. The van der Waals surface area contributed by atoms with Crippen LogP contribution in [0.2, 0.25) is 0 Å². The highest BCUT2D eigenvalue weighted by Gasteiger charge is 2.42. The summed E-state index contributed by atoms with van der Waals surface area (Å²) in [7, 11) is 3.56. The van der Waals surface area contributed by atoms with Crippen LogP contribution < -0.4 is 10.2 Å². The van der Waals surface area contributed by atoms with Crippen LogP contribution >= 0.6 is 0 Å². The van der Waals surface area contributed by atoms with Gasteiger partial charge in [0.15, 0.2) is 5.65 Å². The van der Waals surface area contributed by atoms with E-state index in [2.05, 4.69) is 20.3 Å². The second kappa shape index (κ2) is 5.94. The Balaban J connectivity index is 1.55. The van der Waals surface area contributed by atoms with Gasteiger partial charge in [-0.25, -0.2) is 9.78 Å². The molecule has 0 radical (unpaired) electrons. The Kier molecular flexibility index (Phi) is 3.76. The van der Waals surface area contributed by atoms with Crippen molar-refractivity contribution in [3.05, 3.63) is 18.5 Å². The molecular weight excluding hydrogens is 308 g/mol. The number of hydrogen-bond acceptors (Lipinski definition) is 5. The number of aromatic nitrogens is 3. The van der Waals surface area contributed by atoms with Crippen LogP contribution in [0.3, 0.4) is 0 Å². The van der Waals surface area contributed by atoms with Gasteiger partial charge in [-0.15, -0.1) is 0 Å². The van der Waals surface area contributed by atoms with Crippen molar-refractivity contribution in [3.63, 3.8) is 0 Å². The van der Waals surface area contributed by atoms with E-state index < -0.39 is 0 Å². The van der Waals surface area contributed by atoms with E-state index in [1.807, 2.05) is 30.4 Å². The molecule has 2 saturated heterocycles. The first-order valence-corrected chi connectivity index (χ1v) is 8.27. The summed E-state index contributed by atoms with van der Waals surface area (Å²) < 4.78 is 6.91. The summed E-state index contributed by atoms with van der Waals surface area (Å²) in [5.41, 5.74) is 2.02. The minimum Gasteiger partial charge on any atom is -0.383 e. The molecule has 24 heavy (non-hydrogen) atoms. The third-order valence-corrected chi connectivity index (χ3v) is 5.04. The van der Waals surface area contributed by atoms with Gasteiger partial charge in [0, 0.05) is 40.0 Å². The van der Waals surface area contributed by atoms with Crippen LogP contribution in [0.15, 0.2) is 18.5 Å². The highest BCUT2D eigenvalue weighted by Crippen LogP contribution is 2.30. The number of ether oxygens (including phenoxy) is 1. The lowest BCUT2D eigenvalue weighted by Crippen LogP contribution is -2.51. The van der Waals surface area contributed by atoms with Crippen LogP contribution in [-0.2, 0) is 11.8 Å². The lowest BCUT2D eigenvalue weighted by molar-refractivity contribution is 0.140. The standard InChI is InChI=1S/C16H22N6O2/c1-20-15-11(9-18-20)13(3-5-17-15)21-6-4-14-12(10-21)19-16(23)22(14)7-8-24-2/h3,5,9,12,14H,4,6-8,10H2,1-2H3,(H,19,23)/t12-,14+/m1/s1. The third kappa shape index (κ3) is 2.37. The molecule has 4 heterocycles. The Labute approximate surface area is 140 Å². The number of urea groups is 1. The third-order valence-electron chi connectivity index (χ3n) is 5.04. The van der Waals surface area contributed by atoms with Crippen molar-refractivity contribution in [2.24, 2.45) is 7.05 Å². The summed E-state index contributed by atoms with van der Waals surface area (Å²) in [5, 5.41) is 8.49. The van der Waals surface area contributed by atoms with Crippen LogP contribution in [0.4, 0.5) is 10.5 Å². The molecule has 2 atom stereocenters. The molecule has 2 aromatic rings. The lowest BCUT2D eigenvalue weighted by Gasteiger charge is -2.38. The minimum atomic E-state index is 0.0187. The Bertz CT molecular complexity index is 760. The fraction of sp³-hybridized carbons (Fsp3) is 0.562. The lowest BCUT2D eigenvalue weighted by atomic mass is 9.99. The first-order valence-electron chi connectivity index (χ1n) is 8.27. The molecule has 8 heteroatoms. The molecule has 0 bridgehead atoms. The molecular formula is C16H22N6O2. The smallest absolute Gasteiger partial charge is 0.318 e. The number of nitrogens with zero attached hydrogens (tertiary/aromatic N) is 5. The molecule has 2 amide bonds. The first-order chi connectivity index (χ1) is 11.7. The normalized spacial score (nSPS) is 23.7. The summed E-state index contributed by atoms with van der Waals surface area (Å²) in [6.07, 6.45) is 4.63. The van der Waals surface area contributed by atoms with Crippen LogP contribution in [0, 0.1) is 0 Å². The summed E-state index contributed by atoms with van der Waals surface area (Å²) in [5.74, 6) is 0. The number of carbonyl (C=O) groups excluding carboxylic acids is 1. The van der Waals surface area contributed by atoms with E-state index in [9.17, 15) is 4.79 Å². The van der Waals surface area contributed by atoms with E-state index in [0.29, 0.717) is 13.2 Å². The molecule has 0 aliphatic carbocycles. The molecule has 8 nitrogen and oxygen atoms in total. The number of fused-ring (bicyclic) bond motifs is 2. The van der Waals surface area contributed by atoms with E-state index in [1.165, 1.54) is 0 Å². The maximum atomic E-state index is 12.2. The number of piperidine rings is 1. The average Bonchev–Trinajstić information content (AvgIpc) is 3.12. The summed E-state index contributed by atoms with van der Waals surface area (Å²) in [6.45, 7) is 2.92. The van der Waals surface area contributed by atoms with Gasteiger partial charge in [0.05, 0.1) is 36.0 Å². The van der Waals surface area contributed by atoms with Crippen molar-refractivity contribution >= 4 is 22.8 Å². The summed E-state index contributed by atoms with van der Waals surface area (Å²) in [6, 6.07) is 2.44. The van der Waals surface area contributed by atoms with Crippen LogP contribution in [-0.4, -0.2) is 71.1 Å². The van der Waals surface area contributed by atoms with Gasteiger partial charge in [0.2, 0.25) is 0 Å². The summed E-state index contributed by atoms with van der Waals surface area (Å²) >= 11 is 0. The maximum absolute atomic E-state index is 12.2. The fourth-order valence-electron chi connectivity index (χ4n) is 3.83. The van der Waals surface area contributed by atoms with E-state index in [4.69, 9.17) is 4.74 Å². The number of carbonyl (C=O) groups is 1. The van der Waals surface area contributed by atoms with Crippen molar-refractivity contribution < 1.29 is 9.53 Å². The quantitative estimate of drug-likeness (QED) is 0.888.